The Morgan fingerprint density at radius 2 is 1.77 bits per heavy atom. The summed E-state index contributed by atoms with van der Waals surface area (Å²) in [5, 5.41) is 3.40. The molecule has 0 aliphatic rings. The molecule has 0 unspecified atom stereocenters. The Hall–Kier alpha value is -0.120. The van der Waals surface area contributed by atoms with Crippen LogP contribution in [0.15, 0.2) is 0 Å². The minimum Gasteiger partial charge on any atom is -0.382 e. The molecule has 0 aliphatic carbocycles. The third-order valence-electron chi connectivity index (χ3n) is 1.55. The van der Waals surface area contributed by atoms with Gasteiger partial charge in [-0.1, -0.05) is 0 Å². The van der Waals surface area contributed by atoms with Crippen LogP contribution in [0.2, 0.25) is 0 Å². The quantitative estimate of drug-likeness (QED) is 0.615. The van der Waals surface area contributed by atoms with E-state index in [-0.39, 0.29) is 5.54 Å². The predicted molar refractivity (Wildman–Crippen MR) is 55.1 cm³/mol. The predicted octanol–water partition coefficient (Wildman–Crippen LogP) is 1.43. The van der Waals surface area contributed by atoms with Crippen LogP contribution < -0.4 is 5.32 Å². The Bertz CT molecular complexity index is 110. The summed E-state index contributed by atoms with van der Waals surface area (Å²) in [6, 6.07) is 0. The van der Waals surface area contributed by atoms with E-state index in [1.54, 1.807) is 7.11 Å². The lowest BCUT2D eigenvalue weighted by atomic mass is 10.1. The highest BCUT2D eigenvalue weighted by Gasteiger charge is 2.06. The highest BCUT2D eigenvalue weighted by molar-refractivity contribution is 4.69. The summed E-state index contributed by atoms with van der Waals surface area (Å²) in [4.78, 5) is 0. The lowest BCUT2D eigenvalue weighted by Gasteiger charge is -2.20. The van der Waals surface area contributed by atoms with Crippen molar-refractivity contribution in [3.05, 3.63) is 0 Å². The molecule has 0 spiro atoms. The van der Waals surface area contributed by atoms with Crippen LogP contribution in [0.1, 0.15) is 27.2 Å². The van der Waals surface area contributed by atoms with E-state index in [1.165, 1.54) is 0 Å². The molecule has 1 N–H and O–H groups in total. The molecule has 3 heteroatoms. The second-order valence-corrected chi connectivity index (χ2v) is 4.14. The van der Waals surface area contributed by atoms with Crippen LogP contribution in [0, 0.1) is 0 Å². The maximum Gasteiger partial charge on any atom is 0.0700 e. The van der Waals surface area contributed by atoms with Gasteiger partial charge in [-0.2, -0.15) is 0 Å². The summed E-state index contributed by atoms with van der Waals surface area (Å²) >= 11 is 0. The summed E-state index contributed by atoms with van der Waals surface area (Å²) in [5.74, 6) is 0. The number of hydrogen-bond acceptors (Lipinski definition) is 3. The fourth-order valence-electron chi connectivity index (χ4n) is 0.882. The normalized spacial score (nSPS) is 12.0. The van der Waals surface area contributed by atoms with Crippen molar-refractivity contribution in [2.24, 2.45) is 0 Å². The van der Waals surface area contributed by atoms with E-state index in [0.717, 1.165) is 19.6 Å². The molecule has 0 saturated heterocycles. The average molecular weight is 189 g/mol. The van der Waals surface area contributed by atoms with Crippen molar-refractivity contribution >= 4 is 0 Å². The molecule has 0 aromatic rings. The molecule has 0 rings (SSSR count). The van der Waals surface area contributed by atoms with Crippen molar-refractivity contribution in [1.29, 1.82) is 0 Å². The second kappa shape index (κ2) is 7.30. The van der Waals surface area contributed by atoms with Gasteiger partial charge < -0.3 is 14.8 Å². The third kappa shape index (κ3) is 11.9. The largest absolute Gasteiger partial charge is 0.382 e. The lowest BCUT2D eigenvalue weighted by Crippen LogP contribution is -2.36. The molecule has 0 saturated carbocycles. The minimum atomic E-state index is 0.215. The summed E-state index contributed by atoms with van der Waals surface area (Å²) in [7, 11) is 1.69. The fourth-order valence-corrected chi connectivity index (χ4v) is 0.882. The van der Waals surface area contributed by atoms with E-state index in [2.05, 4.69) is 26.1 Å². The van der Waals surface area contributed by atoms with Crippen molar-refractivity contribution in [1.82, 2.24) is 5.32 Å². The Morgan fingerprint density at radius 3 is 2.31 bits per heavy atom. The summed E-state index contributed by atoms with van der Waals surface area (Å²) in [6.45, 7) is 9.71. The molecule has 0 atom stereocenters. The van der Waals surface area contributed by atoms with Crippen LogP contribution in [0.25, 0.3) is 0 Å². The van der Waals surface area contributed by atoms with Crippen LogP contribution in [0.3, 0.4) is 0 Å². The van der Waals surface area contributed by atoms with E-state index in [0.29, 0.717) is 13.2 Å². The van der Waals surface area contributed by atoms with Gasteiger partial charge in [-0.15, -0.1) is 0 Å². The smallest absolute Gasteiger partial charge is 0.0700 e. The highest BCUT2D eigenvalue weighted by atomic mass is 16.5. The molecule has 0 bridgehead atoms. The van der Waals surface area contributed by atoms with E-state index in [9.17, 15) is 0 Å². The third-order valence-corrected chi connectivity index (χ3v) is 1.55. The van der Waals surface area contributed by atoms with E-state index < -0.39 is 0 Å². The van der Waals surface area contributed by atoms with Gasteiger partial charge in [0.15, 0.2) is 0 Å². The number of hydrogen-bond donors (Lipinski definition) is 1. The highest BCUT2D eigenvalue weighted by Crippen LogP contribution is 1.97. The first kappa shape index (κ1) is 12.9. The molecular weight excluding hydrogens is 166 g/mol. The van der Waals surface area contributed by atoms with Gasteiger partial charge in [0.1, 0.15) is 0 Å². The van der Waals surface area contributed by atoms with Crippen LogP contribution in [-0.4, -0.2) is 39.0 Å². The Labute approximate surface area is 81.8 Å². The molecule has 0 aliphatic heterocycles. The Balaban J connectivity index is 3.00. The summed E-state index contributed by atoms with van der Waals surface area (Å²) in [5.41, 5.74) is 0.215. The zero-order valence-electron chi connectivity index (χ0n) is 9.35. The number of methoxy groups -OCH3 is 1. The zero-order valence-corrected chi connectivity index (χ0v) is 9.35. The van der Waals surface area contributed by atoms with E-state index in [4.69, 9.17) is 9.47 Å². The number of ether oxygens (including phenoxy) is 2. The van der Waals surface area contributed by atoms with Gasteiger partial charge in [-0.3, -0.25) is 0 Å². The maximum atomic E-state index is 5.32. The molecule has 3 nitrogen and oxygen atoms in total. The maximum absolute atomic E-state index is 5.32. The molecule has 0 aromatic heterocycles. The van der Waals surface area contributed by atoms with Crippen LogP contribution in [-0.2, 0) is 9.47 Å². The van der Waals surface area contributed by atoms with Gasteiger partial charge in [-0.25, -0.2) is 0 Å². The molecule has 0 amide bonds. The summed E-state index contributed by atoms with van der Waals surface area (Å²) < 4.78 is 10.2. The lowest BCUT2D eigenvalue weighted by molar-refractivity contribution is 0.0689. The molecule has 0 fully saturated rings. The molecule has 13 heavy (non-hydrogen) atoms. The zero-order chi connectivity index (χ0) is 10.2. The second-order valence-electron chi connectivity index (χ2n) is 4.14. The van der Waals surface area contributed by atoms with Gasteiger partial charge in [-0.05, 0) is 33.7 Å². The Kier molecular flexibility index (Phi) is 7.23. The summed E-state index contributed by atoms with van der Waals surface area (Å²) in [6.07, 6.45) is 1.06. The SMILES string of the molecule is COCCOCCCNC(C)(C)C. The van der Waals surface area contributed by atoms with E-state index >= 15 is 0 Å². The van der Waals surface area contributed by atoms with Gasteiger partial charge in [0, 0.05) is 19.3 Å². The van der Waals surface area contributed by atoms with Crippen molar-refractivity contribution in [2.45, 2.75) is 32.7 Å². The first-order chi connectivity index (χ1) is 6.06. The molecule has 80 valence electrons. The monoisotopic (exact) mass is 189 g/mol. The molecule has 0 heterocycles. The standard InChI is InChI=1S/C10H23NO2/c1-10(2,3)11-6-5-7-13-9-8-12-4/h11H,5-9H2,1-4H3. The Morgan fingerprint density at radius 1 is 1.08 bits per heavy atom. The fraction of sp³-hybridized carbons (Fsp3) is 1.00. The van der Waals surface area contributed by atoms with Gasteiger partial charge >= 0.3 is 0 Å². The van der Waals surface area contributed by atoms with Crippen molar-refractivity contribution in [3.8, 4) is 0 Å². The first-order valence-corrected chi connectivity index (χ1v) is 4.88. The van der Waals surface area contributed by atoms with Crippen molar-refractivity contribution in [2.75, 3.05) is 33.5 Å². The number of nitrogens with one attached hydrogen (secondary N) is 1. The molecule has 0 radical (unpaired) electrons. The number of rotatable bonds is 7. The van der Waals surface area contributed by atoms with E-state index in [1.807, 2.05) is 0 Å². The minimum absolute atomic E-state index is 0.215. The average Bonchev–Trinajstić information content (AvgIpc) is 2.01. The van der Waals surface area contributed by atoms with Gasteiger partial charge in [0.25, 0.3) is 0 Å². The van der Waals surface area contributed by atoms with Gasteiger partial charge in [0.05, 0.1) is 13.2 Å². The molecule has 0 aromatic carbocycles. The van der Waals surface area contributed by atoms with Crippen LogP contribution in [0.4, 0.5) is 0 Å². The van der Waals surface area contributed by atoms with Crippen molar-refractivity contribution < 1.29 is 9.47 Å². The van der Waals surface area contributed by atoms with Gasteiger partial charge in [0.2, 0.25) is 0 Å². The van der Waals surface area contributed by atoms with Crippen molar-refractivity contribution in [3.63, 3.8) is 0 Å². The molecular formula is C10H23NO2. The topological polar surface area (TPSA) is 30.5 Å². The van der Waals surface area contributed by atoms with Crippen LogP contribution >= 0.6 is 0 Å². The first-order valence-electron chi connectivity index (χ1n) is 4.88. The van der Waals surface area contributed by atoms with Crippen LogP contribution in [0.5, 0.6) is 0 Å².